The van der Waals surface area contributed by atoms with Crippen LogP contribution in [0.2, 0.25) is 0 Å². The van der Waals surface area contributed by atoms with E-state index in [4.69, 9.17) is 0 Å². The van der Waals surface area contributed by atoms with Crippen molar-refractivity contribution in [1.82, 2.24) is 10.3 Å². The van der Waals surface area contributed by atoms with Crippen LogP contribution in [0.3, 0.4) is 0 Å². The lowest BCUT2D eigenvalue weighted by molar-refractivity contribution is 0.0937. The molecule has 0 aliphatic heterocycles. The Kier molecular flexibility index (Phi) is 4.96. The molecular weight excluding hydrogens is 354 g/mol. The molecule has 1 fully saturated rings. The molecule has 0 saturated heterocycles. The quantitative estimate of drug-likeness (QED) is 0.825. The maximum Gasteiger partial charge on any atom is 0.253 e. The Labute approximate surface area is 144 Å². The molecule has 1 aliphatic rings. The van der Waals surface area contributed by atoms with Crippen LogP contribution in [0.25, 0.3) is 0 Å². The molecule has 0 unspecified atom stereocenters. The number of hydrogen-bond donors (Lipinski definition) is 2. The smallest absolute Gasteiger partial charge is 0.253 e. The van der Waals surface area contributed by atoms with E-state index >= 15 is 0 Å². The van der Waals surface area contributed by atoms with E-state index in [9.17, 15) is 4.79 Å². The van der Waals surface area contributed by atoms with Crippen molar-refractivity contribution in [3.8, 4) is 0 Å². The summed E-state index contributed by atoms with van der Waals surface area (Å²) >= 11 is 3.52. The van der Waals surface area contributed by atoms with Gasteiger partial charge in [-0.25, -0.2) is 4.98 Å². The number of amides is 1. The molecule has 23 heavy (non-hydrogen) atoms. The fourth-order valence-corrected chi connectivity index (χ4v) is 3.14. The first-order valence-electron chi connectivity index (χ1n) is 7.92. The zero-order valence-electron chi connectivity index (χ0n) is 13.1. The normalized spacial score (nSPS) is 14.7. The number of aromatic nitrogens is 1. The lowest BCUT2D eigenvalue weighted by Gasteiger charge is -2.12. The highest BCUT2D eigenvalue weighted by Gasteiger charge is 2.18. The molecule has 2 N–H and O–H groups in total. The van der Waals surface area contributed by atoms with Crippen LogP contribution in [-0.2, 0) is 0 Å². The highest BCUT2D eigenvalue weighted by molar-refractivity contribution is 9.10. The number of anilines is 2. The standard InChI is InChI=1S/C18H20BrN3O/c1-12-6-8-15(10-16(12)19)21-17-9-7-13(11-20-17)18(23)22-14-4-2-3-5-14/h6-11,14H,2-5H2,1H3,(H,20,21)(H,22,23). The zero-order chi connectivity index (χ0) is 16.2. The van der Waals surface area contributed by atoms with Gasteiger partial charge in [-0.3, -0.25) is 4.79 Å². The summed E-state index contributed by atoms with van der Waals surface area (Å²) in [7, 11) is 0. The minimum atomic E-state index is -0.0333. The van der Waals surface area contributed by atoms with Gasteiger partial charge < -0.3 is 10.6 Å². The molecule has 4 nitrogen and oxygen atoms in total. The SMILES string of the molecule is Cc1ccc(Nc2ccc(C(=O)NC3CCCC3)cn2)cc1Br. The second-order valence-electron chi connectivity index (χ2n) is 5.98. The largest absolute Gasteiger partial charge is 0.349 e. The van der Waals surface area contributed by atoms with Gasteiger partial charge in [0.15, 0.2) is 0 Å². The molecule has 0 bridgehead atoms. The van der Waals surface area contributed by atoms with E-state index in [1.807, 2.05) is 37.3 Å². The van der Waals surface area contributed by atoms with Crippen LogP contribution in [0.15, 0.2) is 41.0 Å². The minimum absolute atomic E-state index is 0.0333. The summed E-state index contributed by atoms with van der Waals surface area (Å²) in [4.78, 5) is 16.5. The van der Waals surface area contributed by atoms with Crippen molar-refractivity contribution in [2.45, 2.75) is 38.6 Å². The van der Waals surface area contributed by atoms with Gasteiger partial charge in [0.05, 0.1) is 5.56 Å². The lowest BCUT2D eigenvalue weighted by Crippen LogP contribution is -2.32. The summed E-state index contributed by atoms with van der Waals surface area (Å²) in [5.41, 5.74) is 2.74. The lowest BCUT2D eigenvalue weighted by atomic mass is 10.2. The zero-order valence-corrected chi connectivity index (χ0v) is 14.7. The van der Waals surface area contributed by atoms with Crippen molar-refractivity contribution in [3.63, 3.8) is 0 Å². The molecule has 1 aromatic heterocycles. The number of halogens is 1. The predicted octanol–water partition coefficient (Wildman–Crippen LogP) is 4.57. The maximum absolute atomic E-state index is 12.2. The van der Waals surface area contributed by atoms with Crippen LogP contribution in [0.4, 0.5) is 11.5 Å². The van der Waals surface area contributed by atoms with Crippen LogP contribution in [0.1, 0.15) is 41.6 Å². The molecule has 0 atom stereocenters. The van der Waals surface area contributed by atoms with E-state index in [1.165, 1.54) is 18.4 Å². The molecule has 2 aromatic rings. The monoisotopic (exact) mass is 373 g/mol. The average Bonchev–Trinajstić information content (AvgIpc) is 3.04. The van der Waals surface area contributed by atoms with Crippen LogP contribution >= 0.6 is 15.9 Å². The number of aryl methyl sites for hydroxylation is 1. The van der Waals surface area contributed by atoms with Crippen LogP contribution in [0, 0.1) is 6.92 Å². The molecule has 5 heteroatoms. The average molecular weight is 374 g/mol. The Morgan fingerprint density at radius 3 is 2.65 bits per heavy atom. The molecule has 0 radical (unpaired) electrons. The Balaban J connectivity index is 1.64. The van der Waals surface area contributed by atoms with Gasteiger partial charge in [0.2, 0.25) is 0 Å². The fraction of sp³-hybridized carbons (Fsp3) is 0.333. The summed E-state index contributed by atoms with van der Waals surface area (Å²) in [6.07, 6.45) is 6.20. The van der Waals surface area contributed by atoms with Gasteiger partial charge in [-0.2, -0.15) is 0 Å². The summed E-state index contributed by atoms with van der Waals surface area (Å²) in [6.45, 7) is 2.05. The number of nitrogens with one attached hydrogen (secondary N) is 2. The molecular formula is C18H20BrN3O. The molecule has 1 amide bonds. The summed E-state index contributed by atoms with van der Waals surface area (Å²) in [5.74, 6) is 0.687. The second kappa shape index (κ2) is 7.13. The first-order chi connectivity index (χ1) is 11.1. The van der Waals surface area contributed by atoms with E-state index in [-0.39, 0.29) is 5.91 Å². The van der Waals surface area contributed by atoms with Crippen molar-refractivity contribution in [3.05, 3.63) is 52.1 Å². The third-order valence-corrected chi connectivity index (χ3v) is 5.01. The molecule has 1 heterocycles. The van der Waals surface area contributed by atoms with Crippen LogP contribution in [0.5, 0.6) is 0 Å². The molecule has 3 rings (SSSR count). The molecule has 0 spiro atoms. The van der Waals surface area contributed by atoms with Crippen molar-refractivity contribution in [1.29, 1.82) is 0 Å². The fourth-order valence-electron chi connectivity index (χ4n) is 2.76. The number of nitrogens with zero attached hydrogens (tertiary/aromatic N) is 1. The van der Waals surface area contributed by atoms with Crippen molar-refractivity contribution in [2.75, 3.05) is 5.32 Å². The first kappa shape index (κ1) is 16.0. The van der Waals surface area contributed by atoms with Crippen LogP contribution < -0.4 is 10.6 Å². The Morgan fingerprint density at radius 1 is 1.22 bits per heavy atom. The van der Waals surface area contributed by atoms with Gasteiger partial charge in [0.25, 0.3) is 5.91 Å². The van der Waals surface area contributed by atoms with Gasteiger partial charge >= 0.3 is 0 Å². The number of hydrogen-bond acceptors (Lipinski definition) is 3. The Morgan fingerprint density at radius 2 is 2.00 bits per heavy atom. The van der Waals surface area contributed by atoms with Gasteiger partial charge in [0.1, 0.15) is 5.82 Å². The summed E-state index contributed by atoms with van der Waals surface area (Å²) in [6, 6.07) is 10.0. The predicted molar refractivity (Wildman–Crippen MR) is 96.1 cm³/mol. The second-order valence-corrected chi connectivity index (χ2v) is 6.83. The van der Waals surface area contributed by atoms with Gasteiger partial charge in [-0.15, -0.1) is 0 Å². The summed E-state index contributed by atoms with van der Waals surface area (Å²) < 4.78 is 1.05. The molecule has 1 saturated carbocycles. The minimum Gasteiger partial charge on any atom is -0.349 e. The van der Waals surface area contributed by atoms with Gasteiger partial charge in [0, 0.05) is 22.4 Å². The van der Waals surface area contributed by atoms with Crippen LogP contribution in [-0.4, -0.2) is 16.9 Å². The van der Waals surface area contributed by atoms with Crippen molar-refractivity contribution >= 4 is 33.3 Å². The van der Waals surface area contributed by atoms with E-state index in [0.29, 0.717) is 11.6 Å². The van der Waals surface area contributed by atoms with Gasteiger partial charge in [-0.1, -0.05) is 34.8 Å². The highest BCUT2D eigenvalue weighted by atomic mass is 79.9. The summed E-state index contributed by atoms with van der Waals surface area (Å²) in [5, 5.41) is 6.31. The van der Waals surface area contributed by atoms with Crippen molar-refractivity contribution < 1.29 is 4.79 Å². The van der Waals surface area contributed by atoms with Gasteiger partial charge in [-0.05, 0) is 49.6 Å². The third kappa shape index (κ3) is 4.10. The van der Waals surface area contributed by atoms with E-state index < -0.39 is 0 Å². The van der Waals surface area contributed by atoms with Crippen molar-refractivity contribution in [2.24, 2.45) is 0 Å². The first-order valence-corrected chi connectivity index (χ1v) is 8.71. The molecule has 1 aromatic carbocycles. The Bertz CT molecular complexity index is 694. The number of carbonyl (C=O) groups excluding carboxylic acids is 1. The third-order valence-electron chi connectivity index (χ3n) is 4.16. The van der Waals surface area contributed by atoms with E-state index in [2.05, 4.69) is 31.5 Å². The number of pyridine rings is 1. The molecule has 120 valence electrons. The number of benzene rings is 1. The number of carbonyl (C=O) groups is 1. The highest BCUT2D eigenvalue weighted by Crippen LogP contribution is 2.23. The van der Waals surface area contributed by atoms with E-state index in [0.717, 1.165) is 28.8 Å². The molecule has 1 aliphatic carbocycles. The maximum atomic E-state index is 12.2. The number of rotatable bonds is 4. The Hall–Kier alpha value is -1.88. The van der Waals surface area contributed by atoms with E-state index in [1.54, 1.807) is 6.20 Å². The topological polar surface area (TPSA) is 54.0 Å².